The van der Waals surface area contributed by atoms with E-state index in [1.54, 1.807) is 11.9 Å². The Morgan fingerprint density at radius 3 is 2.92 bits per heavy atom. The molecule has 1 aromatic rings. The van der Waals surface area contributed by atoms with Crippen LogP contribution in [0.4, 0.5) is 5.69 Å². The van der Waals surface area contributed by atoms with Crippen molar-refractivity contribution in [2.75, 3.05) is 11.9 Å². The number of benzene rings is 1. The van der Waals surface area contributed by atoms with Gasteiger partial charge in [0.25, 0.3) is 5.91 Å². The molecular weight excluding hydrogens is 206 g/mol. The van der Waals surface area contributed by atoms with Crippen LogP contribution in [0.1, 0.15) is 0 Å². The van der Waals surface area contributed by atoms with E-state index in [0.717, 1.165) is 10.6 Å². The van der Waals surface area contributed by atoms with Crippen LogP contribution in [0.5, 0.6) is 0 Å². The molecule has 0 radical (unpaired) electrons. The molecule has 1 amide bonds. The summed E-state index contributed by atoms with van der Waals surface area (Å²) in [5.74, 6) is -0.0506. The zero-order valence-electron chi connectivity index (χ0n) is 7.03. The Bertz CT molecular complexity index is 355. The van der Waals surface area contributed by atoms with Gasteiger partial charge in [0, 0.05) is 11.9 Å². The number of carbonyl (C=O) groups is 1. The smallest absolute Gasteiger partial charge is 0.255 e. The number of fused-ring (bicyclic) bond motifs is 1. The fraction of sp³-hybridized carbons (Fsp3) is 0.222. The molecular formula is C9H8ClNOS. The van der Waals surface area contributed by atoms with Crippen LogP contribution in [0.3, 0.4) is 0 Å². The Hall–Kier alpha value is -0.670. The highest BCUT2D eigenvalue weighted by Crippen LogP contribution is 2.39. The first-order valence-electron chi connectivity index (χ1n) is 3.87. The van der Waals surface area contributed by atoms with E-state index in [-0.39, 0.29) is 5.91 Å². The van der Waals surface area contributed by atoms with Gasteiger partial charge in [-0.05, 0) is 12.1 Å². The Labute approximate surface area is 85.9 Å². The van der Waals surface area contributed by atoms with Crippen molar-refractivity contribution in [3.8, 4) is 0 Å². The second-order valence-corrected chi connectivity index (χ2v) is 4.64. The molecule has 0 aromatic heterocycles. The predicted molar refractivity (Wildman–Crippen MR) is 55.4 cm³/mol. The summed E-state index contributed by atoms with van der Waals surface area (Å²) >= 11 is 7.26. The van der Waals surface area contributed by atoms with Crippen molar-refractivity contribution in [3.05, 3.63) is 24.3 Å². The average molecular weight is 214 g/mol. The maximum atomic E-state index is 11.5. The van der Waals surface area contributed by atoms with Crippen LogP contribution >= 0.6 is 23.4 Å². The van der Waals surface area contributed by atoms with Gasteiger partial charge in [0.2, 0.25) is 0 Å². The Morgan fingerprint density at radius 2 is 2.15 bits per heavy atom. The topological polar surface area (TPSA) is 20.3 Å². The first-order valence-corrected chi connectivity index (χ1v) is 5.19. The lowest BCUT2D eigenvalue weighted by Crippen LogP contribution is -2.35. The Morgan fingerprint density at radius 1 is 1.46 bits per heavy atom. The van der Waals surface area contributed by atoms with E-state index in [1.807, 2.05) is 24.3 Å². The van der Waals surface area contributed by atoms with Crippen molar-refractivity contribution >= 4 is 35.0 Å². The normalized spacial score (nSPS) is 21.5. The van der Waals surface area contributed by atoms with E-state index in [2.05, 4.69) is 0 Å². The quantitative estimate of drug-likeness (QED) is 0.617. The number of halogens is 1. The summed E-state index contributed by atoms with van der Waals surface area (Å²) in [7, 11) is 1.75. The van der Waals surface area contributed by atoms with E-state index in [1.165, 1.54) is 11.8 Å². The van der Waals surface area contributed by atoms with Gasteiger partial charge in [0.1, 0.15) is 0 Å². The number of hydrogen-bond acceptors (Lipinski definition) is 2. The van der Waals surface area contributed by atoms with Crippen LogP contribution in [0.25, 0.3) is 0 Å². The van der Waals surface area contributed by atoms with Gasteiger partial charge in [-0.15, -0.1) is 0 Å². The zero-order chi connectivity index (χ0) is 9.42. The molecule has 0 aliphatic carbocycles. The number of para-hydroxylation sites is 1. The van der Waals surface area contributed by atoms with Gasteiger partial charge in [-0.2, -0.15) is 0 Å². The lowest BCUT2D eigenvalue weighted by Gasteiger charge is -2.27. The number of amides is 1. The van der Waals surface area contributed by atoms with E-state index >= 15 is 0 Å². The van der Waals surface area contributed by atoms with Gasteiger partial charge < -0.3 is 4.90 Å². The summed E-state index contributed by atoms with van der Waals surface area (Å²) in [6.45, 7) is 0. The molecule has 0 bridgehead atoms. The molecule has 0 saturated heterocycles. The Balaban J connectivity index is 2.49. The molecule has 1 aromatic carbocycles. The van der Waals surface area contributed by atoms with Gasteiger partial charge in [-0.25, -0.2) is 0 Å². The van der Waals surface area contributed by atoms with Crippen molar-refractivity contribution in [1.82, 2.24) is 0 Å². The molecule has 1 aliphatic heterocycles. The number of alkyl halides is 1. The lowest BCUT2D eigenvalue weighted by atomic mass is 10.3. The minimum absolute atomic E-state index is 0.0506. The van der Waals surface area contributed by atoms with Crippen molar-refractivity contribution < 1.29 is 4.79 Å². The summed E-state index contributed by atoms with van der Waals surface area (Å²) < 4.78 is -0.486. The van der Waals surface area contributed by atoms with Crippen LogP contribution in [0, 0.1) is 0 Å². The molecule has 1 atom stereocenters. The molecule has 1 aliphatic rings. The third kappa shape index (κ3) is 1.42. The molecule has 1 heterocycles. The van der Waals surface area contributed by atoms with Gasteiger partial charge in [0.05, 0.1) is 5.69 Å². The van der Waals surface area contributed by atoms with Crippen LogP contribution in [0.2, 0.25) is 0 Å². The van der Waals surface area contributed by atoms with Gasteiger partial charge in [0.15, 0.2) is 4.71 Å². The van der Waals surface area contributed by atoms with Crippen molar-refractivity contribution in [2.45, 2.75) is 9.60 Å². The van der Waals surface area contributed by atoms with Crippen LogP contribution in [-0.2, 0) is 4.79 Å². The zero-order valence-corrected chi connectivity index (χ0v) is 8.60. The van der Waals surface area contributed by atoms with E-state index in [4.69, 9.17) is 11.6 Å². The maximum absolute atomic E-state index is 11.5. The summed E-state index contributed by atoms with van der Waals surface area (Å²) in [5, 5.41) is 0. The molecule has 2 nitrogen and oxygen atoms in total. The number of nitrogens with zero attached hydrogens (tertiary/aromatic N) is 1. The summed E-state index contributed by atoms with van der Waals surface area (Å²) in [6, 6.07) is 7.75. The molecule has 68 valence electrons. The van der Waals surface area contributed by atoms with E-state index in [0.29, 0.717) is 0 Å². The molecule has 1 unspecified atom stereocenters. The SMILES string of the molecule is CN1C(=O)C(Cl)Sc2ccccc21. The summed E-state index contributed by atoms with van der Waals surface area (Å²) in [6.07, 6.45) is 0. The molecule has 0 spiro atoms. The molecule has 0 fully saturated rings. The largest absolute Gasteiger partial charge is 0.312 e. The highest BCUT2D eigenvalue weighted by molar-refractivity contribution is 8.02. The van der Waals surface area contributed by atoms with Gasteiger partial charge in [-0.1, -0.05) is 35.5 Å². The number of carbonyl (C=O) groups excluding carboxylic acids is 1. The second kappa shape index (κ2) is 3.24. The summed E-state index contributed by atoms with van der Waals surface area (Å²) in [5.41, 5.74) is 0.939. The minimum Gasteiger partial charge on any atom is -0.312 e. The number of anilines is 1. The fourth-order valence-electron chi connectivity index (χ4n) is 1.27. The third-order valence-corrected chi connectivity index (χ3v) is 3.44. The van der Waals surface area contributed by atoms with Crippen LogP contribution in [-0.4, -0.2) is 17.7 Å². The highest BCUT2D eigenvalue weighted by atomic mass is 35.5. The third-order valence-electron chi connectivity index (χ3n) is 1.98. The van der Waals surface area contributed by atoms with Crippen molar-refractivity contribution in [3.63, 3.8) is 0 Å². The Kier molecular flexibility index (Phi) is 2.22. The number of rotatable bonds is 0. The predicted octanol–water partition coefficient (Wildman–Crippen LogP) is 2.32. The fourth-order valence-corrected chi connectivity index (χ4v) is 2.67. The average Bonchev–Trinajstić information content (AvgIpc) is 2.15. The van der Waals surface area contributed by atoms with Crippen molar-refractivity contribution in [1.29, 1.82) is 0 Å². The molecule has 4 heteroatoms. The monoisotopic (exact) mass is 213 g/mol. The minimum atomic E-state index is -0.486. The van der Waals surface area contributed by atoms with Crippen LogP contribution < -0.4 is 4.90 Å². The number of thioether (sulfide) groups is 1. The molecule has 0 saturated carbocycles. The molecule has 0 N–H and O–H groups in total. The molecule has 13 heavy (non-hydrogen) atoms. The van der Waals surface area contributed by atoms with E-state index in [9.17, 15) is 4.79 Å². The second-order valence-electron chi connectivity index (χ2n) is 2.80. The summed E-state index contributed by atoms with van der Waals surface area (Å²) in [4.78, 5) is 14.1. The first kappa shape index (κ1) is 8.91. The van der Waals surface area contributed by atoms with Gasteiger partial charge >= 0.3 is 0 Å². The van der Waals surface area contributed by atoms with Crippen molar-refractivity contribution in [2.24, 2.45) is 0 Å². The lowest BCUT2D eigenvalue weighted by molar-refractivity contribution is -0.116. The number of hydrogen-bond donors (Lipinski definition) is 0. The standard InChI is InChI=1S/C9H8ClNOS/c1-11-6-4-2-3-5-7(6)13-8(10)9(11)12/h2-5,8H,1H3. The first-order chi connectivity index (χ1) is 6.20. The van der Waals surface area contributed by atoms with Crippen LogP contribution in [0.15, 0.2) is 29.2 Å². The van der Waals surface area contributed by atoms with E-state index < -0.39 is 4.71 Å². The maximum Gasteiger partial charge on any atom is 0.255 e. The highest BCUT2D eigenvalue weighted by Gasteiger charge is 2.29. The van der Waals surface area contributed by atoms with Gasteiger partial charge in [-0.3, -0.25) is 4.79 Å². The molecule has 2 rings (SSSR count).